The van der Waals surface area contributed by atoms with Crippen LogP contribution in [-0.4, -0.2) is 13.6 Å². The highest BCUT2D eigenvalue weighted by molar-refractivity contribution is 5.63. The molecule has 2 rings (SSSR count). The van der Waals surface area contributed by atoms with Gasteiger partial charge in [-0.1, -0.05) is 50.6 Å². The van der Waals surface area contributed by atoms with E-state index in [2.05, 4.69) is 43.4 Å². The van der Waals surface area contributed by atoms with Crippen LogP contribution in [0.1, 0.15) is 44.4 Å². The molecule has 0 saturated heterocycles. The maximum atomic E-state index is 3.24. The van der Waals surface area contributed by atoms with Crippen LogP contribution < -0.4 is 5.32 Å². The fourth-order valence-electron chi connectivity index (χ4n) is 2.51. The minimum Gasteiger partial charge on any atom is -0.319 e. The van der Waals surface area contributed by atoms with Crippen LogP contribution in [-0.2, 0) is 12.8 Å². The number of nitrogens with one attached hydrogen (secondary N) is 1. The number of hydrogen-bond acceptors (Lipinski definition) is 1. The summed E-state index contributed by atoms with van der Waals surface area (Å²) in [5.74, 6) is 0.703. The summed E-state index contributed by atoms with van der Waals surface area (Å²) in [6.45, 7) is 9.60. The molecule has 0 heterocycles. The predicted octanol–water partition coefficient (Wildman–Crippen LogP) is 4.07. The van der Waals surface area contributed by atoms with Crippen LogP contribution in [0.5, 0.6) is 0 Å². The van der Waals surface area contributed by atoms with Gasteiger partial charge in [0.15, 0.2) is 0 Å². The molecule has 0 aromatic heterocycles. The van der Waals surface area contributed by atoms with E-state index in [4.69, 9.17) is 0 Å². The molecule has 1 nitrogen and oxygen atoms in total. The van der Waals surface area contributed by atoms with Crippen molar-refractivity contribution in [3.05, 3.63) is 40.5 Å². The summed E-state index contributed by atoms with van der Waals surface area (Å²) >= 11 is 0. The first-order chi connectivity index (χ1) is 8.69. The van der Waals surface area contributed by atoms with Gasteiger partial charge in [-0.2, -0.15) is 0 Å². The first kappa shape index (κ1) is 15.0. The summed E-state index contributed by atoms with van der Waals surface area (Å²) in [6.07, 6.45) is 4.63. The summed E-state index contributed by atoms with van der Waals surface area (Å²) in [6, 6.07) is 6.94. The highest BCUT2D eigenvalue weighted by Crippen LogP contribution is 2.26. The Kier molecular flexibility index (Phi) is 6.14. The molecule has 0 fully saturated rings. The fourth-order valence-corrected chi connectivity index (χ4v) is 2.51. The standard InChI is InChI=1S/C15H21N.C2H6/c1-11-7-14-5-4-13(9-15(14)8-11)6-12(2)10-16-3;1-2/h4-5,8-9,12,16H,6-7,10H2,1-3H3;1-2H3. The number of rotatable bonds is 4. The van der Waals surface area contributed by atoms with Crippen LogP contribution in [0.15, 0.2) is 23.8 Å². The molecule has 1 aliphatic rings. The first-order valence-electron chi connectivity index (χ1n) is 7.12. The Hall–Kier alpha value is -1.08. The molecule has 0 amide bonds. The minimum atomic E-state index is 0.703. The van der Waals surface area contributed by atoms with Crippen molar-refractivity contribution < 1.29 is 0 Å². The lowest BCUT2D eigenvalue weighted by molar-refractivity contribution is 0.542. The zero-order valence-corrected chi connectivity index (χ0v) is 12.5. The van der Waals surface area contributed by atoms with Gasteiger partial charge in [0.05, 0.1) is 0 Å². The minimum absolute atomic E-state index is 0.703. The number of hydrogen-bond donors (Lipinski definition) is 1. The Bertz CT molecular complexity index is 404. The molecular formula is C17H27N. The van der Waals surface area contributed by atoms with Gasteiger partial charge >= 0.3 is 0 Å². The molecule has 0 saturated carbocycles. The van der Waals surface area contributed by atoms with Gasteiger partial charge in [-0.15, -0.1) is 0 Å². The summed E-state index contributed by atoms with van der Waals surface area (Å²) in [5, 5.41) is 3.24. The Morgan fingerprint density at radius 3 is 2.67 bits per heavy atom. The first-order valence-corrected chi connectivity index (χ1v) is 7.12. The smallest absolute Gasteiger partial charge is 0.00230 e. The van der Waals surface area contributed by atoms with Crippen molar-refractivity contribution in [2.45, 2.75) is 40.5 Å². The van der Waals surface area contributed by atoms with Crippen LogP contribution in [0.3, 0.4) is 0 Å². The number of allylic oxidation sites excluding steroid dienone is 1. The molecular weight excluding hydrogens is 218 g/mol. The summed E-state index contributed by atoms with van der Waals surface area (Å²) in [4.78, 5) is 0. The third kappa shape index (κ3) is 3.99. The second kappa shape index (κ2) is 7.38. The Balaban J connectivity index is 0.000000771. The lowest BCUT2D eigenvalue weighted by Crippen LogP contribution is -2.17. The molecule has 1 heteroatoms. The van der Waals surface area contributed by atoms with Crippen molar-refractivity contribution in [3.8, 4) is 0 Å². The van der Waals surface area contributed by atoms with Gasteiger partial charge in [0.25, 0.3) is 0 Å². The molecule has 1 aliphatic carbocycles. The molecule has 1 atom stereocenters. The molecule has 0 bridgehead atoms. The van der Waals surface area contributed by atoms with Gasteiger partial charge in [0.1, 0.15) is 0 Å². The normalized spacial score (nSPS) is 14.4. The summed E-state index contributed by atoms with van der Waals surface area (Å²) in [7, 11) is 2.02. The third-order valence-electron chi connectivity index (χ3n) is 3.22. The summed E-state index contributed by atoms with van der Waals surface area (Å²) < 4.78 is 0. The van der Waals surface area contributed by atoms with Gasteiger partial charge in [-0.25, -0.2) is 0 Å². The van der Waals surface area contributed by atoms with Crippen molar-refractivity contribution >= 4 is 6.08 Å². The molecule has 1 aromatic carbocycles. The van der Waals surface area contributed by atoms with Crippen LogP contribution in [0, 0.1) is 5.92 Å². The van der Waals surface area contributed by atoms with E-state index >= 15 is 0 Å². The lowest BCUT2D eigenvalue weighted by Gasteiger charge is -2.11. The second-order valence-corrected chi connectivity index (χ2v) is 5.07. The van der Waals surface area contributed by atoms with E-state index in [-0.39, 0.29) is 0 Å². The van der Waals surface area contributed by atoms with Gasteiger partial charge in [-0.3, -0.25) is 0 Å². The van der Waals surface area contributed by atoms with Crippen molar-refractivity contribution in [2.75, 3.05) is 13.6 Å². The van der Waals surface area contributed by atoms with Gasteiger partial charge in [0.2, 0.25) is 0 Å². The van der Waals surface area contributed by atoms with Crippen molar-refractivity contribution in [1.82, 2.24) is 5.32 Å². The Labute approximate surface area is 112 Å². The molecule has 0 aliphatic heterocycles. The van der Waals surface area contributed by atoms with Gasteiger partial charge in [-0.05, 0) is 56.0 Å². The molecule has 1 unspecified atom stereocenters. The van der Waals surface area contributed by atoms with E-state index in [1.54, 1.807) is 0 Å². The highest BCUT2D eigenvalue weighted by atomic mass is 14.8. The van der Waals surface area contributed by atoms with E-state index in [1.807, 2.05) is 20.9 Å². The number of fused-ring (bicyclic) bond motifs is 1. The van der Waals surface area contributed by atoms with E-state index in [0.29, 0.717) is 5.92 Å². The van der Waals surface area contributed by atoms with Gasteiger partial charge in [0, 0.05) is 0 Å². The zero-order valence-electron chi connectivity index (χ0n) is 12.5. The maximum Gasteiger partial charge on any atom is -0.00230 e. The SMILES string of the molecule is CC.CNCC(C)Cc1ccc2c(c1)C=C(C)C2. The Morgan fingerprint density at radius 2 is 2.00 bits per heavy atom. The monoisotopic (exact) mass is 245 g/mol. The highest BCUT2D eigenvalue weighted by Gasteiger charge is 2.10. The summed E-state index contributed by atoms with van der Waals surface area (Å²) in [5.41, 5.74) is 5.87. The van der Waals surface area contributed by atoms with Crippen molar-refractivity contribution in [3.63, 3.8) is 0 Å². The maximum absolute atomic E-state index is 3.24. The molecule has 18 heavy (non-hydrogen) atoms. The van der Waals surface area contributed by atoms with Crippen LogP contribution in [0.2, 0.25) is 0 Å². The molecule has 1 aromatic rings. The van der Waals surface area contributed by atoms with E-state index in [0.717, 1.165) is 13.0 Å². The fraction of sp³-hybridized carbons (Fsp3) is 0.529. The number of benzene rings is 1. The van der Waals surface area contributed by atoms with E-state index < -0.39 is 0 Å². The van der Waals surface area contributed by atoms with Crippen LogP contribution in [0.25, 0.3) is 6.08 Å². The van der Waals surface area contributed by atoms with Crippen molar-refractivity contribution in [2.24, 2.45) is 5.92 Å². The van der Waals surface area contributed by atoms with E-state index in [9.17, 15) is 0 Å². The molecule has 0 spiro atoms. The molecule has 0 radical (unpaired) electrons. The lowest BCUT2D eigenvalue weighted by atomic mass is 9.98. The van der Waals surface area contributed by atoms with Gasteiger partial charge < -0.3 is 5.32 Å². The molecule has 1 N–H and O–H groups in total. The predicted molar refractivity (Wildman–Crippen MR) is 81.9 cm³/mol. The topological polar surface area (TPSA) is 12.0 Å². The van der Waals surface area contributed by atoms with Crippen LogP contribution >= 0.6 is 0 Å². The quantitative estimate of drug-likeness (QED) is 0.843. The molecule has 100 valence electrons. The zero-order chi connectivity index (χ0) is 13.5. The van der Waals surface area contributed by atoms with E-state index in [1.165, 1.54) is 28.7 Å². The average molecular weight is 245 g/mol. The third-order valence-corrected chi connectivity index (χ3v) is 3.22. The average Bonchev–Trinajstić information content (AvgIpc) is 2.71. The van der Waals surface area contributed by atoms with Crippen LogP contribution in [0.4, 0.5) is 0 Å². The second-order valence-electron chi connectivity index (χ2n) is 5.07. The Morgan fingerprint density at radius 1 is 1.28 bits per heavy atom. The largest absolute Gasteiger partial charge is 0.319 e. The van der Waals surface area contributed by atoms with Crippen molar-refractivity contribution in [1.29, 1.82) is 0 Å².